The van der Waals surface area contributed by atoms with E-state index in [0.29, 0.717) is 5.75 Å². The molecule has 0 bridgehead atoms. The lowest BCUT2D eigenvalue weighted by atomic mass is 10.1. The molecule has 1 aliphatic carbocycles. The van der Waals surface area contributed by atoms with Crippen molar-refractivity contribution in [1.29, 1.82) is 0 Å². The molecular weight excluding hydrogens is 244 g/mol. The second-order valence-corrected chi connectivity index (χ2v) is 5.34. The summed E-state index contributed by atoms with van der Waals surface area (Å²) in [6.45, 7) is 0. The summed E-state index contributed by atoms with van der Waals surface area (Å²) in [7, 11) is 0. The molecule has 2 amide bonds. The van der Waals surface area contributed by atoms with Gasteiger partial charge in [0.1, 0.15) is 6.04 Å². The van der Waals surface area contributed by atoms with Crippen LogP contribution in [0.25, 0.3) is 0 Å². The Bertz CT molecular complexity index is 356. The van der Waals surface area contributed by atoms with Gasteiger partial charge in [0.2, 0.25) is 5.91 Å². The van der Waals surface area contributed by atoms with Gasteiger partial charge < -0.3 is 15.7 Å². The van der Waals surface area contributed by atoms with Gasteiger partial charge in [-0.1, -0.05) is 11.8 Å². The highest BCUT2D eigenvalue weighted by Gasteiger charge is 2.36. The van der Waals surface area contributed by atoms with E-state index in [1.807, 2.05) is 0 Å². The first kappa shape index (κ1) is 12.2. The molecule has 6 nitrogen and oxygen atoms in total. The Balaban J connectivity index is 1.86. The van der Waals surface area contributed by atoms with Crippen molar-refractivity contribution < 1.29 is 19.5 Å². The molecule has 3 N–H and O–H groups in total. The van der Waals surface area contributed by atoms with Crippen molar-refractivity contribution in [3.05, 3.63) is 0 Å². The predicted octanol–water partition coefficient (Wildman–Crippen LogP) is 0.181. The van der Waals surface area contributed by atoms with Crippen molar-refractivity contribution in [3.63, 3.8) is 0 Å². The van der Waals surface area contributed by atoms with E-state index >= 15 is 0 Å². The number of rotatable bonds is 5. The lowest BCUT2D eigenvalue weighted by Gasteiger charge is -2.18. The molecule has 2 rings (SSSR count). The second-order valence-electron chi connectivity index (χ2n) is 4.35. The average Bonchev–Trinajstić information content (AvgIpc) is 2.99. The maximum Gasteiger partial charge on any atom is 0.305 e. The fourth-order valence-electron chi connectivity index (χ4n) is 1.83. The molecule has 0 aromatic heterocycles. The van der Waals surface area contributed by atoms with Gasteiger partial charge in [0.15, 0.2) is 0 Å². The number of carboxylic acids is 1. The first-order valence-corrected chi connectivity index (χ1v) is 6.50. The maximum absolute atomic E-state index is 11.8. The number of carboxylic acid groups (broad SMARTS) is 1. The van der Waals surface area contributed by atoms with Crippen LogP contribution in [0.4, 0.5) is 4.79 Å². The summed E-state index contributed by atoms with van der Waals surface area (Å²) in [5.74, 6) is -0.497. The number of aliphatic carboxylic acids is 1. The molecule has 0 radical (unpaired) electrons. The van der Waals surface area contributed by atoms with Crippen molar-refractivity contribution >= 4 is 28.9 Å². The van der Waals surface area contributed by atoms with Crippen LogP contribution in [0.3, 0.4) is 0 Å². The molecule has 1 saturated carbocycles. The molecule has 0 aromatic rings. The Morgan fingerprint density at radius 3 is 2.71 bits per heavy atom. The third-order valence-electron chi connectivity index (χ3n) is 2.90. The molecule has 1 heterocycles. The summed E-state index contributed by atoms with van der Waals surface area (Å²) in [4.78, 5) is 33.4. The van der Waals surface area contributed by atoms with Crippen molar-refractivity contribution in [1.82, 2.24) is 10.6 Å². The Kier molecular flexibility index (Phi) is 3.56. The monoisotopic (exact) mass is 258 g/mol. The van der Waals surface area contributed by atoms with Crippen LogP contribution in [0.2, 0.25) is 0 Å². The predicted molar refractivity (Wildman–Crippen MR) is 61.7 cm³/mol. The molecule has 2 atom stereocenters. The minimum atomic E-state index is -0.910. The first-order valence-electron chi connectivity index (χ1n) is 5.51. The van der Waals surface area contributed by atoms with E-state index < -0.39 is 12.0 Å². The summed E-state index contributed by atoms with van der Waals surface area (Å²) in [6, 6.07) is -0.829. The number of amides is 2. The first-order chi connectivity index (χ1) is 8.06. The summed E-state index contributed by atoms with van der Waals surface area (Å²) in [5.41, 5.74) is 0. The number of hydrogen-bond acceptors (Lipinski definition) is 4. The van der Waals surface area contributed by atoms with Gasteiger partial charge in [-0.3, -0.25) is 14.4 Å². The quantitative estimate of drug-likeness (QED) is 0.654. The van der Waals surface area contributed by atoms with E-state index in [-0.39, 0.29) is 29.5 Å². The third-order valence-corrected chi connectivity index (χ3v) is 3.78. The smallest absolute Gasteiger partial charge is 0.305 e. The Morgan fingerprint density at radius 2 is 2.24 bits per heavy atom. The lowest BCUT2D eigenvalue weighted by molar-refractivity contribution is -0.138. The lowest BCUT2D eigenvalue weighted by Crippen LogP contribution is -2.48. The largest absolute Gasteiger partial charge is 0.481 e. The molecule has 1 saturated heterocycles. The van der Waals surface area contributed by atoms with Crippen molar-refractivity contribution in [3.8, 4) is 0 Å². The van der Waals surface area contributed by atoms with Gasteiger partial charge in [-0.2, -0.15) is 0 Å². The maximum atomic E-state index is 11.8. The minimum absolute atomic E-state index is 0.0514. The minimum Gasteiger partial charge on any atom is -0.481 e. The van der Waals surface area contributed by atoms with Crippen LogP contribution < -0.4 is 10.6 Å². The fraction of sp³-hybridized carbons (Fsp3) is 0.700. The molecule has 1 aliphatic heterocycles. The molecule has 2 aliphatic rings. The fourth-order valence-corrected chi connectivity index (χ4v) is 2.61. The van der Waals surface area contributed by atoms with Crippen LogP contribution in [0.5, 0.6) is 0 Å². The average molecular weight is 258 g/mol. The van der Waals surface area contributed by atoms with Crippen molar-refractivity contribution in [2.24, 2.45) is 5.92 Å². The molecule has 2 unspecified atom stereocenters. The SMILES string of the molecule is O=C(O)CC(NC(=O)C1CSC(=O)N1)C1CC1. The highest BCUT2D eigenvalue weighted by atomic mass is 32.2. The number of carbonyl (C=O) groups excluding carboxylic acids is 2. The molecule has 17 heavy (non-hydrogen) atoms. The van der Waals surface area contributed by atoms with E-state index in [4.69, 9.17) is 5.11 Å². The standard InChI is InChI=1S/C10H14N2O4S/c13-8(14)3-6(5-1-2-5)11-9(15)7-4-17-10(16)12-7/h5-7H,1-4H2,(H,11,15)(H,12,16)(H,13,14). The molecular formula is C10H14N2O4S. The highest BCUT2D eigenvalue weighted by Crippen LogP contribution is 2.34. The zero-order valence-corrected chi connectivity index (χ0v) is 9.96. The van der Waals surface area contributed by atoms with E-state index in [1.165, 1.54) is 0 Å². The van der Waals surface area contributed by atoms with Gasteiger partial charge in [-0.05, 0) is 18.8 Å². The van der Waals surface area contributed by atoms with E-state index in [1.54, 1.807) is 0 Å². The van der Waals surface area contributed by atoms with Gasteiger partial charge in [0.25, 0.3) is 5.24 Å². The van der Waals surface area contributed by atoms with Gasteiger partial charge in [0.05, 0.1) is 6.42 Å². The van der Waals surface area contributed by atoms with Crippen molar-refractivity contribution in [2.45, 2.75) is 31.3 Å². The Labute approximate surface area is 103 Å². The zero-order chi connectivity index (χ0) is 12.4. The number of carbonyl (C=O) groups is 3. The van der Waals surface area contributed by atoms with Crippen LogP contribution in [0.15, 0.2) is 0 Å². The van der Waals surface area contributed by atoms with Crippen LogP contribution >= 0.6 is 11.8 Å². The second kappa shape index (κ2) is 4.95. The molecule has 2 fully saturated rings. The van der Waals surface area contributed by atoms with Crippen LogP contribution in [0.1, 0.15) is 19.3 Å². The highest BCUT2D eigenvalue weighted by molar-refractivity contribution is 8.14. The third kappa shape index (κ3) is 3.36. The topological polar surface area (TPSA) is 95.5 Å². The summed E-state index contributed by atoms with van der Waals surface area (Å²) in [6.07, 6.45) is 1.87. The van der Waals surface area contributed by atoms with Crippen LogP contribution in [0, 0.1) is 5.92 Å². The molecule has 0 aromatic carbocycles. The number of thioether (sulfide) groups is 1. The van der Waals surface area contributed by atoms with E-state index in [0.717, 1.165) is 24.6 Å². The number of nitrogens with one attached hydrogen (secondary N) is 2. The van der Waals surface area contributed by atoms with Gasteiger partial charge in [-0.15, -0.1) is 0 Å². The van der Waals surface area contributed by atoms with Crippen molar-refractivity contribution in [2.75, 3.05) is 5.75 Å². The van der Waals surface area contributed by atoms with E-state index in [9.17, 15) is 14.4 Å². The van der Waals surface area contributed by atoms with Gasteiger partial charge in [-0.25, -0.2) is 0 Å². The summed E-state index contributed by atoms with van der Waals surface area (Å²) >= 11 is 1.07. The Hall–Kier alpha value is -1.24. The molecule has 0 spiro atoms. The zero-order valence-electron chi connectivity index (χ0n) is 9.14. The van der Waals surface area contributed by atoms with Crippen LogP contribution in [-0.4, -0.2) is 40.1 Å². The van der Waals surface area contributed by atoms with E-state index in [2.05, 4.69) is 10.6 Å². The van der Waals surface area contributed by atoms with Gasteiger partial charge in [0, 0.05) is 11.8 Å². The molecule has 7 heteroatoms. The van der Waals surface area contributed by atoms with Crippen LogP contribution in [-0.2, 0) is 9.59 Å². The van der Waals surface area contributed by atoms with Gasteiger partial charge >= 0.3 is 5.97 Å². The summed E-state index contributed by atoms with van der Waals surface area (Å²) in [5, 5.41) is 13.8. The molecule has 94 valence electrons. The number of hydrogen-bond donors (Lipinski definition) is 3. The summed E-state index contributed by atoms with van der Waals surface area (Å²) < 4.78 is 0. The Morgan fingerprint density at radius 1 is 1.53 bits per heavy atom. The normalized spacial score (nSPS) is 25.2.